The monoisotopic (exact) mass is 624 g/mol. The van der Waals surface area contributed by atoms with Crippen molar-refractivity contribution in [2.45, 2.75) is 51.3 Å². The molecule has 4 aromatic rings. The van der Waals surface area contributed by atoms with Crippen LogP contribution in [0, 0.1) is 25.5 Å². The van der Waals surface area contributed by atoms with Gasteiger partial charge in [0, 0.05) is 9.75 Å². The van der Waals surface area contributed by atoms with Crippen LogP contribution in [0.25, 0.3) is 20.2 Å². The number of halogens is 3. The molecule has 0 saturated heterocycles. The highest BCUT2D eigenvalue weighted by Gasteiger charge is 2.33. The summed E-state index contributed by atoms with van der Waals surface area (Å²) in [6, 6.07) is 11.7. The lowest BCUT2D eigenvalue weighted by atomic mass is 9.84. The normalized spacial score (nSPS) is 13.2. The number of aryl methyl sites for hydroxylation is 2. The number of carbonyl (C=O) groups excluding carboxylic acids is 4. The van der Waals surface area contributed by atoms with E-state index in [1.54, 1.807) is 17.4 Å². The van der Waals surface area contributed by atoms with Crippen molar-refractivity contribution in [3.8, 4) is 0 Å². The highest BCUT2D eigenvalue weighted by Crippen LogP contribution is 2.43. The third-order valence-corrected chi connectivity index (χ3v) is 8.27. The molecule has 0 unspecified atom stereocenters. The Hall–Kier alpha value is -2.56. The molecule has 2 saturated carbocycles. The Bertz CT molecular complexity index is 1420. The molecule has 2 fully saturated rings. The lowest BCUT2D eigenvalue weighted by molar-refractivity contribution is -0.193. The summed E-state index contributed by atoms with van der Waals surface area (Å²) in [4.78, 5) is 34.8. The predicted molar refractivity (Wildman–Crippen MR) is 146 cm³/mol. The van der Waals surface area contributed by atoms with E-state index in [4.69, 9.17) is 29.2 Å². The van der Waals surface area contributed by atoms with E-state index in [2.05, 4.69) is 28.1 Å². The SMILES string of the molecule is Cc1cc2ccc(Br)c(F)c2s1.Cc1cc2ccc(C3CC3)c(F)c2s1.O=C=O.O=C=O.OB(O)C1CC1. The van der Waals surface area contributed by atoms with Gasteiger partial charge in [0.05, 0.1) is 13.9 Å². The number of rotatable bonds is 2. The molecule has 200 valence electrons. The van der Waals surface area contributed by atoms with Crippen LogP contribution in [0.2, 0.25) is 5.82 Å². The quantitative estimate of drug-likeness (QED) is 0.238. The van der Waals surface area contributed by atoms with Crippen LogP contribution >= 0.6 is 38.6 Å². The Morgan fingerprint density at radius 2 is 1.26 bits per heavy atom. The van der Waals surface area contributed by atoms with Gasteiger partial charge in [0.2, 0.25) is 0 Å². The van der Waals surface area contributed by atoms with Crippen LogP contribution in [0.5, 0.6) is 0 Å². The van der Waals surface area contributed by atoms with Crippen molar-refractivity contribution in [1.82, 2.24) is 0 Å². The van der Waals surface area contributed by atoms with Gasteiger partial charge >= 0.3 is 19.4 Å². The van der Waals surface area contributed by atoms with Crippen LogP contribution in [0.1, 0.15) is 46.9 Å². The van der Waals surface area contributed by atoms with Crippen molar-refractivity contribution in [2.24, 2.45) is 0 Å². The van der Waals surface area contributed by atoms with Crippen LogP contribution in [-0.4, -0.2) is 29.5 Å². The second kappa shape index (κ2) is 15.1. The molecule has 0 atom stereocenters. The predicted octanol–water partition coefficient (Wildman–Crippen LogP) is 6.79. The third kappa shape index (κ3) is 9.33. The first-order valence-electron chi connectivity index (χ1n) is 11.4. The van der Waals surface area contributed by atoms with Crippen molar-refractivity contribution in [3.63, 3.8) is 0 Å². The Balaban J connectivity index is 0.000000191. The maximum atomic E-state index is 14.0. The second-order valence-electron chi connectivity index (χ2n) is 8.57. The molecule has 2 N–H and O–H groups in total. The molecule has 0 amide bonds. The lowest BCUT2D eigenvalue weighted by Crippen LogP contribution is -2.09. The fourth-order valence-corrected chi connectivity index (χ4v) is 5.86. The van der Waals surface area contributed by atoms with Crippen molar-refractivity contribution in [1.29, 1.82) is 0 Å². The van der Waals surface area contributed by atoms with E-state index < -0.39 is 7.12 Å². The molecule has 2 aromatic carbocycles. The van der Waals surface area contributed by atoms with Gasteiger partial charge < -0.3 is 10.0 Å². The zero-order valence-corrected chi connectivity index (χ0v) is 23.7. The van der Waals surface area contributed by atoms with Crippen LogP contribution < -0.4 is 0 Å². The molecule has 12 heteroatoms. The summed E-state index contributed by atoms with van der Waals surface area (Å²) < 4.78 is 29.5. The van der Waals surface area contributed by atoms with E-state index >= 15 is 0 Å². The van der Waals surface area contributed by atoms with E-state index in [1.165, 1.54) is 16.2 Å². The summed E-state index contributed by atoms with van der Waals surface area (Å²) in [5.74, 6) is 0.598. The Kier molecular flexibility index (Phi) is 12.6. The van der Waals surface area contributed by atoms with E-state index in [-0.39, 0.29) is 29.8 Å². The molecular formula is C26H24BBrF2O6S2. The summed E-state index contributed by atoms with van der Waals surface area (Å²) in [5, 5.41) is 18.5. The summed E-state index contributed by atoms with van der Waals surface area (Å²) in [6.07, 6.45) is 4.81. The van der Waals surface area contributed by atoms with E-state index in [1.807, 2.05) is 32.0 Å². The van der Waals surface area contributed by atoms with Gasteiger partial charge in [0.25, 0.3) is 0 Å². The van der Waals surface area contributed by atoms with Crippen molar-refractivity contribution < 1.29 is 38.0 Å². The fourth-order valence-electron chi connectivity index (χ4n) is 3.49. The topological polar surface area (TPSA) is 109 Å². The maximum absolute atomic E-state index is 14.0. The second-order valence-corrected chi connectivity index (χ2v) is 11.9. The van der Waals surface area contributed by atoms with Gasteiger partial charge in [-0.05, 0) is 88.9 Å². The number of hydrogen-bond donors (Lipinski definition) is 2. The van der Waals surface area contributed by atoms with Gasteiger partial charge in [-0.1, -0.05) is 31.0 Å². The molecule has 2 aromatic heterocycles. The zero-order valence-electron chi connectivity index (χ0n) is 20.5. The van der Waals surface area contributed by atoms with Gasteiger partial charge in [-0.3, -0.25) is 0 Å². The van der Waals surface area contributed by atoms with Crippen molar-refractivity contribution in [3.05, 3.63) is 67.8 Å². The highest BCUT2D eigenvalue weighted by atomic mass is 79.9. The van der Waals surface area contributed by atoms with E-state index in [0.29, 0.717) is 10.4 Å². The first-order valence-corrected chi connectivity index (χ1v) is 13.9. The van der Waals surface area contributed by atoms with E-state index in [9.17, 15) is 8.78 Å². The van der Waals surface area contributed by atoms with Crippen LogP contribution in [0.15, 0.2) is 40.9 Å². The molecule has 0 aliphatic heterocycles. The summed E-state index contributed by atoms with van der Waals surface area (Å²) in [7, 11) is -1.04. The summed E-state index contributed by atoms with van der Waals surface area (Å²) in [6.45, 7) is 4.01. The van der Waals surface area contributed by atoms with Gasteiger partial charge in [-0.2, -0.15) is 19.2 Å². The molecule has 2 aliphatic carbocycles. The number of thiophene rings is 2. The van der Waals surface area contributed by atoms with Gasteiger partial charge in [-0.15, -0.1) is 22.7 Å². The Morgan fingerprint density at radius 1 is 0.816 bits per heavy atom. The molecule has 0 radical (unpaired) electrons. The molecule has 6 rings (SSSR count). The summed E-state index contributed by atoms with van der Waals surface area (Å²) >= 11 is 6.21. The first kappa shape index (κ1) is 31.7. The zero-order chi connectivity index (χ0) is 28.4. The molecule has 6 nitrogen and oxygen atoms in total. The third-order valence-electron chi connectivity index (χ3n) is 5.54. The molecule has 0 spiro atoms. The standard InChI is InChI=1S/C12H11FS.C9H6BrFS.C3H7BO2.2CO2/c1-7-6-9-4-5-10(8-2-3-8)11(13)12(9)14-7;1-5-4-6-2-3-7(10)8(11)9(6)12-5;5-4(6)3-1-2-3;2*2-1-3/h4-6,8H,2-3H2,1H3;2-4H,1H3;3,5-6H,1-2H2;;. The minimum Gasteiger partial charge on any atom is -0.427 e. The fraction of sp³-hybridized carbons (Fsp3) is 0.308. The summed E-state index contributed by atoms with van der Waals surface area (Å²) in [5.41, 5.74) is 0.930. The van der Waals surface area contributed by atoms with Crippen molar-refractivity contribution >= 4 is 78.2 Å². The molecular weight excluding hydrogens is 601 g/mol. The first-order chi connectivity index (χ1) is 18.1. The minimum absolute atomic E-state index is 0.0306. The molecule has 0 bridgehead atoms. The van der Waals surface area contributed by atoms with Crippen LogP contribution in [0.4, 0.5) is 8.78 Å². The highest BCUT2D eigenvalue weighted by molar-refractivity contribution is 9.10. The lowest BCUT2D eigenvalue weighted by Gasteiger charge is -2.00. The number of benzene rings is 2. The Labute approximate surface area is 234 Å². The smallest absolute Gasteiger partial charge is 0.427 e. The Morgan fingerprint density at radius 3 is 1.66 bits per heavy atom. The number of fused-ring (bicyclic) bond motifs is 2. The minimum atomic E-state index is -1.04. The van der Waals surface area contributed by atoms with E-state index in [0.717, 1.165) is 56.3 Å². The average Bonchev–Trinajstić information content (AvgIpc) is 3.79. The molecule has 2 aliphatic rings. The average molecular weight is 625 g/mol. The molecule has 2 heterocycles. The van der Waals surface area contributed by atoms with Gasteiger partial charge in [0.1, 0.15) is 5.82 Å². The van der Waals surface area contributed by atoms with Gasteiger partial charge in [-0.25, -0.2) is 8.78 Å². The van der Waals surface area contributed by atoms with Gasteiger partial charge in [0.15, 0.2) is 5.82 Å². The molecule has 38 heavy (non-hydrogen) atoms. The maximum Gasteiger partial charge on any atom is 0.454 e. The number of hydrogen-bond acceptors (Lipinski definition) is 8. The largest absolute Gasteiger partial charge is 0.454 e. The van der Waals surface area contributed by atoms with Crippen molar-refractivity contribution in [2.75, 3.05) is 0 Å². The van der Waals surface area contributed by atoms with Crippen LogP contribution in [0.3, 0.4) is 0 Å². The van der Waals surface area contributed by atoms with Crippen LogP contribution in [-0.2, 0) is 19.2 Å².